The van der Waals surface area contributed by atoms with Crippen LogP contribution in [0.3, 0.4) is 0 Å². The molecule has 2 rings (SSSR count). The van der Waals surface area contributed by atoms with Crippen molar-refractivity contribution < 1.29 is 0 Å². The fraction of sp³-hybridized carbons (Fsp3) is 0.500. The molecule has 2 heteroatoms. The minimum absolute atomic E-state index is 0.556. The Morgan fingerprint density at radius 2 is 2.00 bits per heavy atom. The molecule has 1 aliphatic rings. The predicted octanol–water partition coefficient (Wildman–Crippen LogP) is 2.96. The standard InChI is InChI=1S/C10H14N2.C2H6/c1-6-3-9(11)5-8-4-7(2)12-10(6)8;1-2/h3,5,7,12H,4,11H2,1-2H3;1-2H3. The normalized spacial score (nSPS) is 17.9. The number of nitrogens with two attached hydrogens (primary N) is 1. The molecule has 14 heavy (non-hydrogen) atoms. The van der Waals surface area contributed by atoms with E-state index in [1.54, 1.807) is 0 Å². The lowest BCUT2D eigenvalue weighted by Gasteiger charge is -2.06. The van der Waals surface area contributed by atoms with Crippen molar-refractivity contribution in [2.45, 2.75) is 40.2 Å². The maximum absolute atomic E-state index is 5.75. The van der Waals surface area contributed by atoms with Crippen LogP contribution in [0.2, 0.25) is 0 Å². The molecule has 0 spiro atoms. The van der Waals surface area contributed by atoms with Crippen LogP contribution >= 0.6 is 0 Å². The quantitative estimate of drug-likeness (QED) is 0.620. The lowest BCUT2D eigenvalue weighted by molar-refractivity contribution is 0.839. The first kappa shape index (κ1) is 10.9. The van der Waals surface area contributed by atoms with Gasteiger partial charge in [-0.25, -0.2) is 0 Å². The second-order valence-corrected chi connectivity index (χ2v) is 3.62. The molecular weight excluding hydrogens is 172 g/mol. The Morgan fingerprint density at radius 3 is 2.64 bits per heavy atom. The van der Waals surface area contributed by atoms with E-state index in [2.05, 4.69) is 25.2 Å². The highest BCUT2D eigenvalue weighted by Crippen LogP contribution is 2.30. The molecule has 0 radical (unpaired) electrons. The van der Waals surface area contributed by atoms with E-state index in [4.69, 9.17) is 5.73 Å². The van der Waals surface area contributed by atoms with Crippen molar-refractivity contribution in [3.05, 3.63) is 23.3 Å². The first-order valence-corrected chi connectivity index (χ1v) is 5.32. The van der Waals surface area contributed by atoms with E-state index in [0.717, 1.165) is 12.1 Å². The Hall–Kier alpha value is -1.18. The van der Waals surface area contributed by atoms with Crippen LogP contribution in [0.4, 0.5) is 11.4 Å². The first-order chi connectivity index (χ1) is 6.66. The highest BCUT2D eigenvalue weighted by atomic mass is 14.9. The van der Waals surface area contributed by atoms with Crippen LogP contribution in [0.5, 0.6) is 0 Å². The summed E-state index contributed by atoms with van der Waals surface area (Å²) in [7, 11) is 0. The first-order valence-electron chi connectivity index (χ1n) is 5.32. The van der Waals surface area contributed by atoms with E-state index >= 15 is 0 Å². The fourth-order valence-electron chi connectivity index (χ4n) is 1.89. The summed E-state index contributed by atoms with van der Waals surface area (Å²) in [5.74, 6) is 0. The van der Waals surface area contributed by atoms with Crippen LogP contribution in [0.25, 0.3) is 0 Å². The molecule has 1 aromatic carbocycles. The Morgan fingerprint density at radius 1 is 1.36 bits per heavy atom. The lowest BCUT2D eigenvalue weighted by atomic mass is 10.1. The Labute approximate surface area is 86.5 Å². The van der Waals surface area contributed by atoms with Gasteiger partial charge in [0.05, 0.1) is 0 Å². The SMILES string of the molecule is CC.Cc1cc(N)cc2c1NC(C)C2. The number of fused-ring (bicyclic) bond motifs is 1. The topological polar surface area (TPSA) is 38.0 Å². The zero-order valence-electron chi connectivity index (χ0n) is 9.52. The van der Waals surface area contributed by atoms with Crippen LogP contribution in [0.1, 0.15) is 31.9 Å². The Bertz CT molecular complexity index is 318. The van der Waals surface area contributed by atoms with E-state index in [0.29, 0.717) is 6.04 Å². The van der Waals surface area contributed by atoms with Crippen molar-refractivity contribution >= 4 is 11.4 Å². The third kappa shape index (κ3) is 2.00. The molecule has 0 aliphatic carbocycles. The molecular formula is C12H20N2. The molecule has 2 nitrogen and oxygen atoms in total. The van der Waals surface area contributed by atoms with E-state index in [1.807, 2.05) is 19.9 Å². The molecule has 0 fully saturated rings. The lowest BCUT2D eigenvalue weighted by Crippen LogP contribution is -2.08. The van der Waals surface area contributed by atoms with Crippen molar-refractivity contribution in [2.24, 2.45) is 0 Å². The van der Waals surface area contributed by atoms with Gasteiger partial charge in [-0.3, -0.25) is 0 Å². The van der Waals surface area contributed by atoms with Gasteiger partial charge in [-0.15, -0.1) is 0 Å². The van der Waals surface area contributed by atoms with Crippen LogP contribution < -0.4 is 11.1 Å². The molecule has 0 saturated heterocycles. The monoisotopic (exact) mass is 192 g/mol. The number of aryl methyl sites for hydroxylation is 1. The maximum Gasteiger partial charge on any atom is 0.0406 e. The van der Waals surface area contributed by atoms with Gasteiger partial charge in [0.1, 0.15) is 0 Å². The predicted molar refractivity (Wildman–Crippen MR) is 63.7 cm³/mol. The van der Waals surface area contributed by atoms with E-state index in [9.17, 15) is 0 Å². The van der Waals surface area contributed by atoms with E-state index in [-0.39, 0.29) is 0 Å². The molecule has 0 saturated carbocycles. The number of rotatable bonds is 0. The molecule has 78 valence electrons. The zero-order valence-corrected chi connectivity index (χ0v) is 9.52. The summed E-state index contributed by atoms with van der Waals surface area (Å²) in [4.78, 5) is 0. The van der Waals surface area contributed by atoms with Gasteiger partial charge in [0.2, 0.25) is 0 Å². The van der Waals surface area contributed by atoms with Gasteiger partial charge in [0.25, 0.3) is 0 Å². The van der Waals surface area contributed by atoms with E-state index in [1.165, 1.54) is 16.8 Å². The average Bonchev–Trinajstić information content (AvgIpc) is 2.49. The highest BCUT2D eigenvalue weighted by molar-refractivity contribution is 5.66. The summed E-state index contributed by atoms with van der Waals surface area (Å²) >= 11 is 0. The Kier molecular flexibility index (Phi) is 3.39. The summed E-state index contributed by atoms with van der Waals surface area (Å²) in [5, 5.41) is 3.44. The van der Waals surface area contributed by atoms with Gasteiger partial charge in [-0.05, 0) is 43.5 Å². The van der Waals surface area contributed by atoms with Gasteiger partial charge >= 0.3 is 0 Å². The van der Waals surface area contributed by atoms with Gasteiger partial charge in [0.15, 0.2) is 0 Å². The molecule has 1 aromatic rings. The number of benzene rings is 1. The van der Waals surface area contributed by atoms with Crippen molar-refractivity contribution in [2.75, 3.05) is 11.1 Å². The highest BCUT2D eigenvalue weighted by Gasteiger charge is 2.18. The third-order valence-electron chi connectivity index (χ3n) is 2.36. The molecule has 3 N–H and O–H groups in total. The second-order valence-electron chi connectivity index (χ2n) is 3.62. The summed E-state index contributed by atoms with van der Waals surface area (Å²) in [6, 6.07) is 4.64. The zero-order chi connectivity index (χ0) is 10.7. The van der Waals surface area contributed by atoms with E-state index < -0.39 is 0 Å². The van der Waals surface area contributed by atoms with Crippen molar-refractivity contribution in [1.82, 2.24) is 0 Å². The third-order valence-corrected chi connectivity index (χ3v) is 2.36. The molecule has 1 aliphatic heterocycles. The molecule has 0 bridgehead atoms. The molecule has 1 heterocycles. The average molecular weight is 192 g/mol. The minimum atomic E-state index is 0.556. The molecule has 0 amide bonds. The van der Waals surface area contributed by atoms with Crippen LogP contribution in [0.15, 0.2) is 12.1 Å². The molecule has 1 atom stereocenters. The largest absolute Gasteiger partial charge is 0.399 e. The minimum Gasteiger partial charge on any atom is -0.399 e. The summed E-state index contributed by atoms with van der Waals surface area (Å²) in [5.41, 5.74) is 10.5. The van der Waals surface area contributed by atoms with Gasteiger partial charge in [-0.1, -0.05) is 13.8 Å². The maximum atomic E-state index is 5.75. The van der Waals surface area contributed by atoms with Gasteiger partial charge < -0.3 is 11.1 Å². The number of nitrogens with one attached hydrogen (secondary N) is 1. The smallest absolute Gasteiger partial charge is 0.0406 e. The molecule has 0 aromatic heterocycles. The van der Waals surface area contributed by atoms with Crippen LogP contribution in [0, 0.1) is 6.92 Å². The summed E-state index contributed by atoms with van der Waals surface area (Å²) < 4.78 is 0. The fourth-order valence-corrected chi connectivity index (χ4v) is 1.89. The van der Waals surface area contributed by atoms with Crippen molar-refractivity contribution in [3.8, 4) is 0 Å². The number of anilines is 2. The number of hydrogen-bond donors (Lipinski definition) is 2. The van der Waals surface area contributed by atoms with Crippen molar-refractivity contribution in [3.63, 3.8) is 0 Å². The van der Waals surface area contributed by atoms with Crippen LogP contribution in [-0.4, -0.2) is 6.04 Å². The number of nitrogen functional groups attached to an aromatic ring is 1. The Balaban J connectivity index is 0.000000461. The second kappa shape index (κ2) is 4.36. The van der Waals surface area contributed by atoms with Crippen LogP contribution in [-0.2, 0) is 6.42 Å². The van der Waals surface area contributed by atoms with Gasteiger partial charge in [0, 0.05) is 17.4 Å². The summed E-state index contributed by atoms with van der Waals surface area (Å²) in [6.45, 7) is 8.29. The van der Waals surface area contributed by atoms with Crippen molar-refractivity contribution in [1.29, 1.82) is 0 Å². The van der Waals surface area contributed by atoms with Gasteiger partial charge in [-0.2, -0.15) is 0 Å². The number of hydrogen-bond acceptors (Lipinski definition) is 2. The molecule has 1 unspecified atom stereocenters. The summed E-state index contributed by atoms with van der Waals surface area (Å²) in [6.07, 6.45) is 1.10.